The second kappa shape index (κ2) is 13.9. The molecule has 1 atom stereocenters. The zero-order chi connectivity index (χ0) is 14.3. The van der Waals surface area contributed by atoms with Crippen LogP contribution < -0.4 is 0 Å². The Labute approximate surface area is 118 Å². The molecular weight excluding hydrogens is 240 g/mol. The van der Waals surface area contributed by atoms with Crippen molar-refractivity contribution in [2.45, 2.75) is 96.5 Å². The summed E-state index contributed by atoms with van der Waals surface area (Å²) < 4.78 is 0. The van der Waals surface area contributed by atoms with Crippen LogP contribution in [0.3, 0.4) is 0 Å². The quantitative estimate of drug-likeness (QED) is 0.454. The molecule has 0 bridgehead atoms. The third kappa shape index (κ3) is 13.7. The fourth-order valence-corrected chi connectivity index (χ4v) is 2.29. The molecule has 0 aromatic heterocycles. The lowest BCUT2D eigenvalue weighted by atomic mass is 10.0. The number of carboxylic acid groups (broad SMARTS) is 1. The first kappa shape index (κ1) is 18.4. The molecule has 0 aliphatic heterocycles. The van der Waals surface area contributed by atoms with Crippen molar-refractivity contribution < 1.29 is 15.0 Å². The minimum absolute atomic E-state index is 0.284. The van der Waals surface area contributed by atoms with Crippen LogP contribution in [0.2, 0.25) is 0 Å². The molecular formula is C16H31O3. The van der Waals surface area contributed by atoms with Gasteiger partial charge in [0.25, 0.3) is 0 Å². The highest BCUT2D eigenvalue weighted by Gasteiger charge is 2.13. The van der Waals surface area contributed by atoms with Gasteiger partial charge in [-0.1, -0.05) is 84.0 Å². The lowest BCUT2D eigenvalue weighted by Gasteiger charge is -2.04. The lowest BCUT2D eigenvalue weighted by molar-refractivity contribution is -0.150. The van der Waals surface area contributed by atoms with Crippen molar-refractivity contribution in [2.75, 3.05) is 0 Å². The highest BCUT2D eigenvalue weighted by atomic mass is 16.4. The summed E-state index contributed by atoms with van der Waals surface area (Å²) >= 11 is 0. The van der Waals surface area contributed by atoms with Gasteiger partial charge >= 0.3 is 5.97 Å². The zero-order valence-corrected chi connectivity index (χ0v) is 12.5. The molecule has 0 aliphatic rings. The van der Waals surface area contributed by atoms with E-state index >= 15 is 0 Å². The molecule has 0 saturated heterocycles. The van der Waals surface area contributed by atoms with Crippen LogP contribution in [0.15, 0.2) is 0 Å². The summed E-state index contributed by atoms with van der Waals surface area (Å²) in [4.78, 5) is 10.3. The summed E-state index contributed by atoms with van der Waals surface area (Å²) in [7, 11) is 0. The van der Waals surface area contributed by atoms with Crippen LogP contribution in [0.5, 0.6) is 0 Å². The molecule has 0 aliphatic carbocycles. The van der Waals surface area contributed by atoms with E-state index in [0.717, 1.165) is 19.3 Å². The maximum absolute atomic E-state index is 10.9. The summed E-state index contributed by atoms with van der Waals surface area (Å²) in [6.45, 7) is 2.24. The van der Waals surface area contributed by atoms with Gasteiger partial charge in [0.05, 0.1) is 0 Å². The zero-order valence-electron chi connectivity index (χ0n) is 12.5. The number of hydrogen-bond acceptors (Lipinski definition) is 1. The van der Waals surface area contributed by atoms with Crippen LogP contribution in [0.25, 0.3) is 0 Å². The second-order valence-electron chi connectivity index (χ2n) is 5.50. The van der Waals surface area contributed by atoms with Crippen LogP contribution in [0.4, 0.5) is 0 Å². The van der Waals surface area contributed by atoms with Gasteiger partial charge in [-0.3, -0.25) is 0 Å². The predicted molar refractivity (Wildman–Crippen MR) is 77.8 cm³/mol. The Kier molecular flexibility index (Phi) is 13.4. The van der Waals surface area contributed by atoms with E-state index in [0.29, 0.717) is 0 Å². The normalized spacial score (nSPS) is 12.5. The van der Waals surface area contributed by atoms with Gasteiger partial charge in [0.2, 0.25) is 0 Å². The molecule has 1 unspecified atom stereocenters. The Morgan fingerprint density at radius 2 is 1.16 bits per heavy atom. The molecule has 0 amide bonds. The summed E-state index contributed by atoms with van der Waals surface area (Å²) in [5.74, 6) is -1.21. The number of rotatable bonds is 14. The molecule has 1 N–H and O–H groups in total. The summed E-state index contributed by atoms with van der Waals surface area (Å²) in [6, 6.07) is 0. The van der Waals surface area contributed by atoms with Crippen molar-refractivity contribution in [3.8, 4) is 0 Å². The maximum atomic E-state index is 10.9. The molecule has 19 heavy (non-hydrogen) atoms. The molecule has 1 radical (unpaired) electrons. The lowest BCUT2D eigenvalue weighted by Crippen LogP contribution is -2.17. The average Bonchev–Trinajstić information content (AvgIpc) is 2.39. The third-order valence-electron chi connectivity index (χ3n) is 3.60. The Balaban J connectivity index is 3.05. The van der Waals surface area contributed by atoms with E-state index in [1.165, 1.54) is 57.8 Å². The largest absolute Gasteiger partial charge is 0.479 e. The first-order valence-electron chi connectivity index (χ1n) is 8.07. The Morgan fingerprint density at radius 3 is 1.53 bits per heavy atom. The third-order valence-corrected chi connectivity index (χ3v) is 3.60. The van der Waals surface area contributed by atoms with E-state index in [-0.39, 0.29) is 6.42 Å². The molecule has 0 saturated carbocycles. The predicted octanol–water partition coefficient (Wildman–Crippen LogP) is 4.96. The number of unbranched alkanes of at least 4 members (excludes halogenated alkanes) is 11. The van der Waals surface area contributed by atoms with Crippen LogP contribution >= 0.6 is 0 Å². The molecule has 0 aromatic rings. The standard InChI is InChI=1S/C16H31O3/c1-2-3-4-5-6-7-8-9-10-11-12-13-14-15(17)16(18)19/h15H,2-14H2,1H3,(H,18,19). The van der Waals surface area contributed by atoms with Gasteiger partial charge in [-0.2, -0.15) is 0 Å². The first-order chi connectivity index (χ1) is 9.18. The molecule has 3 heteroatoms. The molecule has 0 heterocycles. The van der Waals surface area contributed by atoms with E-state index in [2.05, 4.69) is 6.92 Å². The Hall–Kier alpha value is -0.570. The van der Waals surface area contributed by atoms with E-state index < -0.39 is 12.1 Å². The molecule has 113 valence electrons. The smallest absolute Gasteiger partial charge is 0.336 e. The van der Waals surface area contributed by atoms with Crippen molar-refractivity contribution in [3.63, 3.8) is 0 Å². The van der Waals surface area contributed by atoms with Crippen LogP contribution in [0, 0.1) is 0 Å². The van der Waals surface area contributed by atoms with Crippen LogP contribution in [0.1, 0.15) is 90.4 Å². The van der Waals surface area contributed by atoms with Gasteiger partial charge in [-0.15, -0.1) is 0 Å². The van der Waals surface area contributed by atoms with Gasteiger partial charge in [-0.05, 0) is 6.42 Å². The topological polar surface area (TPSA) is 57.2 Å². The van der Waals surface area contributed by atoms with E-state index in [1.807, 2.05) is 0 Å². The fourth-order valence-electron chi connectivity index (χ4n) is 2.29. The van der Waals surface area contributed by atoms with Crippen molar-refractivity contribution in [2.24, 2.45) is 0 Å². The second-order valence-corrected chi connectivity index (χ2v) is 5.50. The van der Waals surface area contributed by atoms with Gasteiger partial charge in [-0.25, -0.2) is 9.90 Å². The van der Waals surface area contributed by atoms with Gasteiger partial charge in [0.1, 0.15) is 0 Å². The highest BCUT2D eigenvalue weighted by molar-refractivity contribution is 5.71. The van der Waals surface area contributed by atoms with Gasteiger partial charge < -0.3 is 5.11 Å². The summed E-state index contributed by atoms with van der Waals surface area (Å²) in [5.41, 5.74) is 0. The minimum atomic E-state index is -1.41. The van der Waals surface area contributed by atoms with Crippen molar-refractivity contribution in [1.82, 2.24) is 0 Å². The molecule has 0 spiro atoms. The van der Waals surface area contributed by atoms with Gasteiger partial charge in [0, 0.05) is 0 Å². The van der Waals surface area contributed by atoms with E-state index in [1.54, 1.807) is 0 Å². The molecule has 0 fully saturated rings. The molecule has 0 aromatic carbocycles. The van der Waals surface area contributed by atoms with Crippen molar-refractivity contribution in [1.29, 1.82) is 0 Å². The average molecular weight is 271 g/mol. The minimum Gasteiger partial charge on any atom is -0.479 e. The number of hydrogen-bond donors (Lipinski definition) is 1. The number of carbonyl (C=O) groups is 1. The summed E-state index contributed by atoms with van der Waals surface area (Å²) in [6.07, 6.45) is 13.8. The Bertz CT molecular complexity index is 204. The van der Waals surface area contributed by atoms with E-state index in [9.17, 15) is 9.90 Å². The monoisotopic (exact) mass is 271 g/mol. The maximum Gasteiger partial charge on any atom is 0.336 e. The highest BCUT2D eigenvalue weighted by Crippen LogP contribution is 2.13. The molecule has 0 rings (SSSR count). The number of aliphatic carboxylic acids is 1. The summed E-state index contributed by atoms with van der Waals surface area (Å²) in [5, 5.41) is 19.4. The van der Waals surface area contributed by atoms with Crippen molar-refractivity contribution >= 4 is 5.97 Å². The molecule has 3 nitrogen and oxygen atoms in total. The Morgan fingerprint density at radius 1 is 0.789 bits per heavy atom. The fraction of sp³-hybridized carbons (Fsp3) is 0.938. The SMILES string of the molecule is CCCCCCCCCCCCCCC([O])C(=O)O. The van der Waals surface area contributed by atoms with Crippen LogP contribution in [-0.4, -0.2) is 17.2 Å². The van der Waals surface area contributed by atoms with Crippen molar-refractivity contribution in [3.05, 3.63) is 0 Å². The van der Waals surface area contributed by atoms with E-state index in [4.69, 9.17) is 5.11 Å². The number of carboxylic acids is 1. The van der Waals surface area contributed by atoms with Gasteiger partial charge in [0.15, 0.2) is 6.10 Å². The first-order valence-corrected chi connectivity index (χ1v) is 8.07. The van der Waals surface area contributed by atoms with Crippen LogP contribution in [-0.2, 0) is 9.90 Å².